The maximum Gasteiger partial charge on any atom is 0.343 e. The van der Waals surface area contributed by atoms with E-state index in [4.69, 9.17) is 4.74 Å². The third kappa shape index (κ3) is 12.6. The molecule has 0 aliphatic rings. The molecular formula is C18H30O2. The molecule has 0 aromatic carbocycles. The molecule has 0 rings (SSSR count). The van der Waals surface area contributed by atoms with Crippen LogP contribution in [0, 0.1) is 0 Å². The van der Waals surface area contributed by atoms with E-state index in [9.17, 15) is 4.79 Å². The molecule has 2 nitrogen and oxygen atoms in total. The van der Waals surface area contributed by atoms with Crippen LogP contribution in [0.25, 0.3) is 0 Å². The van der Waals surface area contributed by atoms with Crippen molar-refractivity contribution in [1.29, 1.82) is 0 Å². The van der Waals surface area contributed by atoms with E-state index in [0.717, 1.165) is 0 Å². The van der Waals surface area contributed by atoms with Crippen molar-refractivity contribution in [2.45, 2.75) is 48.5 Å². The minimum absolute atomic E-state index is 0.369. The molecule has 0 amide bonds. The number of allylic oxidation sites excluding steroid dienone is 6. The largest absolute Gasteiger partial charge is 0.423 e. The highest BCUT2D eigenvalue weighted by atomic mass is 16.5. The topological polar surface area (TPSA) is 26.3 Å². The van der Waals surface area contributed by atoms with Gasteiger partial charge in [0, 0.05) is 0 Å². The molecule has 20 heavy (non-hydrogen) atoms. The average Bonchev–Trinajstić information content (AvgIpc) is 2.49. The second kappa shape index (κ2) is 19.5. The molecule has 0 aliphatic carbocycles. The summed E-state index contributed by atoms with van der Waals surface area (Å²) in [4.78, 5) is 11.7. The summed E-state index contributed by atoms with van der Waals surface area (Å²) in [6.07, 6.45) is 11.9. The zero-order valence-corrected chi connectivity index (χ0v) is 14.1. The lowest BCUT2D eigenvalue weighted by molar-refractivity contribution is -0.134. The number of ether oxygens (including phenoxy) is 1. The minimum Gasteiger partial charge on any atom is -0.423 e. The van der Waals surface area contributed by atoms with Crippen LogP contribution in [-0.4, -0.2) is 5.97 Å². The molecule has 0 radical (unpaired) electrons. The van der Waals surface area contributed by atoms with Gasteiger partial charge in [-0.15, -0.1) is 0 Å². The van der Waals surface area contributed by atoms with Crippen LogP contribution in [-0.2, 0) is 9.53 Å². The maximum atomic E-state index is 11.7. The van der Waals surface area contributed by atoms with Gasteiger partial charge in [-0.1, -0.05) is 64.7 Å². The first-order chi connectivity index (χ1) is 9.69. The number of carbonyl (C=O) groups excluding carboxylic acids is 1. The molecule has 0 aromatic heterocycles. The number of rotatable bonds is 5. The Morgan fingerprint density at radius 3 is 1.80 bits per heavy atom. The lowest BCUT2D eigenvalue weighted by atomic mass is 10.2. The summed E-state index contributed by atoms with van der Waals surface area (Å²) in [5.41, 5.74) is 0.530. The van der Waals surface area contributed by atoms with E-state index in [0.29, 0.717) is 11.3 Å². The normalized spacial score (nSPS) is 11.3. The summed E-state index contributed by atoms with van der Waals surface area (Å²) < 4.78 is 5.18. The SMILES string of the molecule is C=C/C=C(\C=C/C)OC(=O)C(/C=C\C)=C/C.CC.CC. The number of esters is 1. The van der Waals surface area contributed by atoms with Crippen molar-refractivity contribution in [3.63, 3.8) is 0 Å². The molecule has 0 saturated carbocycles. The van der Waals surface area contributed by atoms with Gasteiger partial charge in [0.25, 0.3) is 0 Å². The van der Waals surface area contributed by atoms with E-state index < -0.39 is 0 Å². The first-order valence-electron chi connectivity index (χ1n) is 7.16. The summed E-state index contributed by atoms with van der Waals surface area (Å²) in [7, 11) is 0. The highest BCUT2D eigenvalue weighted by Gasteiger charge is 2.07. The van der Waals surface area contributed by atoms with Gasteiger partial charge in [0.1, 0.15) is 5.76 Å². The fourth-order valence-electron chi connectivity index (χ4n) is 1.03. The van der Waals surface area contributed by atoms with E-state index in [1.54, 1.807) is 49.5 Å². The second-order valence-corrected chi connectivity index (χ2v) is 2.94. The van der Waals surface area contributed by atoms with Crippen LogP contribution in [0.1, 0.15) is 48.5 Å². The fourth-order valence-corrected chi connectivity index (χ4v) is 1.03. The van der Waals surface area contributed by atoms with Gasteiger partial charge in [0.05, 0.1) is 5.57 Å². The summed E-state index contributed by atoms with van der Waals surface area (Å²) in [6.45, 7) is 17.1. The third-order valence-electron chi connectivity index (χ3n) is 1.72. The van der Waals surface area contributed by atoms with Crippen LogP contribution in [0.5, 0.6) is 0 Å². The van der Waals surface area contributed by atoms with Crippen molar-refractivity contribution in [2.75, 3.05) is 0 Å². The number of hydrogen-bond acceptors (Lipinski definition) is 2. The predicted molar refractivity (Wildman–Crippen MR) is 90.5 cm³/mol. The number of carbonyl (C=O) groups is 1. The van der Waals surface area contributed by atoms with Crippen molar-refractivity contribution in [2.24, 2.45) is 0 Å². The molecule has 0 aromatic rings. The zero-order chi connectivity index (χ0) is 16.4. The molecule has 0 N–H and O–H groups in total. The smallest absolute Gasteiger partial charge is 0.343 e. The first-order valence-corrected chi connectivity index (χ1v) is 7.16. The fraction of sp³-hybridized carbons (Fsp3) is 0.389. The van der Waals surface area contributed by atoms with Gasteiger partial charge in [-0.2, -0.15) is 0 Å². The van der Waals surface area contributed by atoms with Crippen molar-refractivity contribution >= 4 is 5.97 Å². The minimum atomic E-state index is -0.369. The standard InChI is InChI=1S/C14H18O2.2C2H6/c1-5-9-12(8-4)14(15)16-13(10-6-2)11-7-3;2*1-2/h5-11H,2H2,1,3-4H3;2*1-2H3/b9-5-,11-7-,12-8+,13-10+;;. The van der Waals surface area contributed by atoms with Crippen LogP contribution < -0.4 is 0 Å². The summed E-state index contributed by atoms with van der Waals surface area (Å²) >= 11 is 0. The second-order valence-electron chi connectivity index (χ2n) is 2.94. The van der Waals surface area contributed by atoms with E-state index in [-0.39, 0.29) is 5.97 Å². The third-order valence-corrected chi connectivity index (χ3v) is 1.72. The maximum absolute atomic E-state index is 11.7. The van der Waals surface area contributed by atoms with E-state index >= 15 is 0 Å². The van der Waals surface area contributed by atoms with Crippen molar-refractivity contribution in [3.05, 3.63) is 60.4 Å². The Labute approximate surface area is 125 Å². The summed E-state index contributed by atoms with van der Waals surface area (Å²) in [5, 5.41) is 0. The molecular weight excluding hydrogens is 248 g/mol. The van der Waals surface area contributed by atoms with Gasteiger partial charge in [-0.3, -0.25) is 0 Å². The lowest BCUT2D eigenvalue weighted by Gasteiger charge is -2.04. The van der Waals surface area contributed by atoms with E-state index in [1.165, 1.54) is 0 Å². The molecule has 0 aliphatic heterocycles. The van der Waals surface area contributed by atoms with Crippen molar-refractivity contribution in [1.82, 2.24) is 0 Å². The Balaban J connectivity index is -0.000000656. The van der Waals surface area contributed by atoms with Gasteiger partial charge in [0.2, 0.25) is 0 Å². The van der Waals surface area contributed by atoms with E-state index in [2.05, 4.69) is 6.58 Å². The van der Waals surface area contributed by atoms with Crippen LogP contribution in [0.2, 0.25) is 0 Å². The predicted octanol–water partition coefficient (Wildman–Crippen LogP) is 5.75. The van der Waals surface area contributed by atoms with Gasteiger partial charge in [-0.05, 0) is 32.9 Å². The Morgan fingerprint density at radius 1 is 0.950 bits per heavy atom. The Bertz CT molecular complexity index is 356. The highest BCUT2D eigenvalue weighted by Crippen LogP contribution is 2.07. The molecule has 0 atom stereocenters. The van der Waals surface area contributed by atoms with Crippen LogP contribution in [0.15, 0.2) is 60.4 Å². The van der Waals surface area contributed by atoms with Crippen LogP contribution in [0.3, 0.4) is 0 Å². The molecule has 0 spiro atoms. The molecule has 0 heterocycles. The monoisotopic (exact) mass is 278 g/mol. The Hall–Kier alpha value is -1.83. The van der Waals surface area contributed by atoms with E-state index in [1.807, 2.05) is 41.5 Å². The zero-order valence-electron chi connectivity index (χ0n) is 14.1. The molecule has 0 fully saturated rings. The average molecular weight is 278 g/mol. The summed E-state index contributed by atoms with van der Waals surface area (Å²) in [6, 6.07) is 0. The molecule has 114 valence electrons. The van der Waals surface area contributed by atoms with Crippen molar-refractivity contribution in [3.8, 4) is 0 Å². The lowest BCUT2D eigenvalue weighted by Crippen LogP contribution is -2.05. The van der Waals surface area contributed by atoms with Gasteiger partial charge in [0.15, 0.2) is 0 Å². The molecule has 0 saturated heterocycles. The first kappa shape index (κ1) is 23.3. The molecule has 0 bridgehead atoms. The molecule has 0 unspecified atom stereocenters. The summed E-state index contributed by atoms with van der Waals surface area (Å²) in [5.74, 6) is 0.109. The van der Waals surface area contributed by atoms with Crippen LogP contribution >= 0.6 is 0 Å². The molecule has 2 heteroatoms. The van der Waals surface area contributed by atoms with Crippen molar-refractivity contribution < 1.29 is 9.53 Å². The van der Waals surface area contributed by atoms with Gasteiger partial charge in [-0.25, -0.2) is 4.79 Å². The highest BCUT2D eigenvalue weighted by molar-refractivity contribution is 5.92. The quantitative estimate of drug-likeness (QED) is 0.277. The Kier molecular flexibility index (Phi) is 22.7. The van der Waals surface area contributed by atoms with Crippen LogP contribution in [0.4, 0.5) is 0 Å². The Morgan fingerprint density at radius 2 is 1.45 bits per heavy atom. The number of hydrogen-bond donors (Lipinski definition) is 0. The van der Waals surface area contributed by atoms with Gasteiger partial charge < -0.3 is 4.74 Å². The van der Waals surface area contributed by atoms with Gasteiger partial charge >= 0.3 is 5.97 Å².